The number of rotatable bonds is 5. The quantitative estimate of drug-likeness (QED) is 0.833. The van der Waals surface area contributed by atoms with Gasteiger partial charge in [0.2, 0.25) is 10.0 Å². The summed E-state index contributed by atoms with van der Waals surface area (Å²) < 4.78 is 31.7. The molecule has 0 saturated carbocycles. The Balaban J connectivity index is 2.27. The zero-order valence-corrected chi connectivity index (χ0v) is 11.2. The average Bonchev–Trinajstić information content (AvgIpc) is 2.82. The monoisotopic (exact) mass is 285 g/mol. The number of hydrogen-bond donors (Lipinski definition) is 2. The van der Waals surface area contributed by atoms with Crippen LogP contribution in [0.3, 0.4) is 0 Å². The van der Waals surface area contributed by atoms with Crippen LogP contribution in [0.1, 0.15) is 18.9 Å². The molecule has 0 aliphatic carbocycles. The summed E-state index contributed by atoms with van der Waals surface area (Å²) in [5.74, 6) is -0.500. The standard InChI is InChI=1S/C12H15NO5S/c1-2-10(12(14)15)13-19(16,17)9-3-4-11-8(7-9)5-6-18-11/h3-4,7,10,13H,2,5-6H2,1H3,(H,14,15)/t10-/m0/s1. The molecule has 104 valence electrons. The van der Waals surface area contributed by atoms with E-state index in [1.54, 1.807) is 13.0 Å². The number of carbonyl (C=O) groups is 1. The molecule has 7 heteroatoms. The first-order valence-corrected chi connectivity index (χ1v) is 7.43. The highest BCUT2D eigenvalue weighted by atomic mass is 32.2. The minimum Gasteiger partial charge on any atom is -0.493 e. The molecule has 6 nitrogen and oxygen atoms in total. The maximum atomic E-state index is 12.1. The number of sulfonamides is 1. The summed E-state index contributed by atoms with van der Waals surface area (Å²) in [7, 11) is -3.82. The lowest BCUT2D eigenvalue weighted by Gasteiger charge is -2.13. The molecule has 1 heterocycles. The number of benzene rings is 1. The SMILES string of the molecule is CC[C@H](NS(=O)(=O)c1ccc2c(c1)CCO2)C(=O)O. The topological polar surface area (TPSA) is 92.7 Å². The van der Waals surface area contributed by atoms with Gasteiger partial charge in [0.1, 0.15) is 11.8 Å². The van der Waals surface area contributed by atoms with Crippen LogP contribution in [-0.4, -0.2) is 32.1 Å². The van der Waals surface area contributed by atoms with Crippen LogP contribution in [0.25, 0.3) is 0 Å². The van der Waals surface area contributed by atoms with Crippen molar-refractivity contribution in [2.24, 2.45) is 0 Å². The molecule has 1 atom stereocenters. The van der Waals surface area contributed by atoms with Crippen LogP contribution in [0.2, 0.25) is 0 Å². The highest BCUT2D eigenvalue weighted by molar-refractivity contribution is 7.89. The Hall–Kier alpha value is -1.60. The fourth-order valence-electron chi connectivity index (χ4n) is 1.89. The highest BCUT2D eigenvalue weighted by Crippen LogP contribution is 2.27. The number of nitrogens with one attached hydrogen (secondary N) is 1. The van der Waals surface area contributed by atoms with Gasteiger partial charge in [-0.05, 0) is 30.2 Å². The number of aliphatic carboxylic acids is 1. The van der Waals surface area contributed by atoms with Crippen molar-refractivity contribution in [1.82, 2.24) is 4.72 Å². The number of ether oxygens (including phenoxy) is 1. The zero-order valence-electron chi connectivity index (χ0n) is 10.4. The predicted octanol–water partition coefficient (Wildman–Crippen LogP) is 0.763. The van der Waals surface area contributed by atoms with Crippen LogP contribution in [0.5, 0.6) is 5.75 Å². The second-order valence-electron chi connectivity index (χ2n) is 4.29. The fraction of sp³-hybridized carbons (Fsp3) is 0.417. The van der Waals surface area contributed by atoms with E-state index in [2.05, 4.69) is 4.72 Å². The second kappa shape index (κ2) is 5.18. The van der Waals surface area contributed by atoms with Gasteiger partial charge in [-0.25, -0.2) is 8.42 Å². The Bertz CT molecular complexity index is 596. The maximum absolute atomic E-state index is 12.1. The first kappa shape index (κ1) is 13.8. The van der Waals surface area contributed by atoms with Crippen LogP contribution in [0.4, 0.5) is 0 Å². The maximum Gasteiger partial charge on any atom is 0.321 e. The molecule has 1 aromatic carbocycles. The summed E-state index contributed by atoms with van der Waals surface area (Å²) in [5.41, 5.74) is 0.825. The molecule has 1 aromatic rings. The molecular weight excluding hydrogens is 270 g/mol. The van der Waals surface area contributed by atoms with E-state index in [-0.39, 0.29) is 11.3 Å². The van der Waals surface area contributed by atoms with E-state index >= 15 is 0 Å². The van der Waals surface area contributed by atoms with E-state index in [1.807, 2.05) is 0 Å². The minimum atomic E-state index is -3.82. The van der Waals surface area contributed by atoms with E-state index in [0.29, 0.717) is 18.8 Å². The van der Waals surface area contributed by atoms with E-state index in [9.17, 15) is 13.2 Å². The second-order valence-corrected chi connectivity index (χ2v) is 6.00. The van der Waals surface area contributed by atoms with Crippen molar-refractivity contribution in [2.75, 3.05) is 6.61 Å². The fourth-order valence-corrected chi connectivity index (χ4v) is 3.22. The summed E-state index contributed by atoms with van der Waals surface area (Å²) in [6, 6.07) is 3.42. The Kier molecular flexibility index (Phi) is 3.77. The molecule has 0 saturated heterocycles. The number of carboxylic acid groups (broad SMARTS) is 1. The van der Waals surface area contributed by atoms with Crippen molar-refractivity contribution in [3.63, 3.8) is 0 Å². The zero-order chi connectivity index (χ0) is 14.0. The van der Waals surface area contributed by atoms with Gasteiger partial charge in [-0.2, -0.15) is 4.72 Å². The summed E-state index contributed by atoms with van der Waals surface area (Å²) in [6.45, 7) is 2.15. The van der Waals surface area contributed by atoms with Gasteiger partial charge in [-0.3, -0.25) is 4.79 Å². The van der Waals surface area contributed by atoms with E-state index in [1.165, 1.54) is 12.1 Å². The summed E-state index contributed by atoms with van der Waals surface area (Å²) in [5, 5.41) is 8.89. The number of hydrogen-bond acceptors (Lipinski definition) is 4. The third-order valence-corrected chi connectivity index (χ3v) is 4.44. The van der Waals surface area contributed by atoms with E-state index in [4.69, 9.17) is 9.84 Å². The summed E-state index contributed by atoms with van der Waals surface area (Å²) in [4.78, 5) is 10.9. The lowest BCUT2D eigenvalue weighted by Crippen LogP contribution is -2.40. The molecule has 0 unspecified atom stereocenters. The largest absolute Gasteiger partial charge is 0.493 e. The van der Waals surface area contributed by atoms with E-state index in [0.717, 1.165) is 5.56 Å². The molecule has 0 radical (unpaired) electrons. The smallest absolute Gasteiger partial charge is 0.321 e. The van der Waals surface area contributed by atoms with Gasteiger partial charge in [-0.1, -0.05) is 6.92 Å². The summed E-state index contributed by atoms with van der Waals surface area (Å²) >= 11 is 0. The van der Waals surface area contributed by atoms with Crippen molar-refractivity contribution in [1.29, 1.82) is 0 Å². The van der Waals surface area contributed by atoms with Crippen molar-refractivity contribution >= 4 is 16.0 Å². The Morgan fingerprint density at radius 3 is 2.89 bits per heavy atom. The van der Waals surface area contributed by atoms with E-state index < -0.39 is 22.0 Å². The first-order valence-electron chi connectivity index (χ1n) is 5.95. The van der Waals surface area contributed by atoms with Crippen molar-refractivity contribution < 1.29 is 23.1 Å². The lowest BCUT2D eigenvalue weighted by atomic mass is 10.2. The summed E-state index contributed by atoms with van der Waals surface area (Å²) in [6.07, 6.45) is 0.845. The molecule has 1 aliphatic rings. The molecule has 2 N–H and O–H groups in total. The van der Waals surface area contributed by atoms with Gasteiger partial charge >= 0.3 is 5.97 Å². The van der Waals surface area contributed by atoms with Crippen LogP contribution in [0.15, 0.2) is 23.1 Å². The van der Waals surface area contributed by atoms with Crippen LogP contribution < -0.4 is 9.46 Å². The number of carboxylic acids is 1. The van der Waals surface area contributed by atoms with Crippen molar-refractivity contribution in [2.45, 2.75) is 30.7 Å². The number of fused-ring (bicyclic) bond motifs is 1. The molecule has 1 aliphatic heterocycles. The lowest BCUT2D eigenvalue weighted by molar-refractivity contribution is -0.139. The Labute approximate surface area is 111 Å². The van der Waals surface area contributed by atoms with Crippen molar-refractivity contribution in [3.05, 3.63) is 23.8 Å². The van der Waals surface area contributed by atoms with Crippen LogP contribution >= 0.6 is 0 Å². The minimum absolute atomic E-state index is 0.0662. The third kappa shape index (κ3) is 2.87. The molecular formula is C12H15NO5S. The molecule has 0 amide bonds. The molecule has 0 bridgehead atoms. The molecule has 0 spiro atoms. The highest BCUT2D eigenvalue weighted by Gasteiger charge is 2.25. The Morgan fingerprint density at radius 1 is 1.53 bits per heavy atom. The average molecular weight is 285 g/mol. The molecule has 2 rings (SSSR count). The van der Waals surface area contributed by atoms with Crippen molar-refractivity contribution in [3.8, 4) is 5.75 Å². The third-order valence-electron chi connectivity index (χ3n) is 2.97. The first-order chi connectivity index (χ1) is 8.94. The van der Waals surface area contributed by atoms with Gasteiger partial charge in [0, 0.05) is 6.42 Å². The normalized spacial score (nSPS) is 15.6. The Morgan fingerprint density at radius 2 is 2.26 bits per heavy atom. The molecule has 19 heavy (non-hydrogen) atoms. The van der Waals surface area contributed by atoms with Crippen LogP contribution in [-0.2, 0) is 21.2 Å². The van der Waals surface area contributed by atoms with Gasteiger partial charge in [0.15, 0.2) is 0 Å². The van der Waals surface area contributed by atoms with Gasteiger partial charge < -0.3 is 9.84 Å². The molecule has 0 aromatic heterocycles. The molecule has 0 fully saturated rings. The predicted molar refractivity (Wildman–Crippen MR) is 67.7 cm³/mol. The van der Waals surface area contributed by atoms with Gasteiger partial charge in [-0.15, -0.1) is 0 Å². The van der Waals surface area contributed by atoms with Crippen LogP contribution in [0, 0.1) is 0 Å². The van der Waals surface area contributed by atoms with Gasteiger partial charge in [0.25, 0.3) is 0 Å². The van der Waals surface area contributed by atoms with Gasteiger partial charge in [0.05, 0.1) is 11.5 Å².